The second-order valence-electron chi connectivity index (χ2n) is 6.52. The molecule has 0 bridgehead atoms. The maximum absolute atomic E-state index is 12.3. The summed E-state index contributed by atoms with van der Waals surface area (Å²) in [5.74, 6) is 1.50. The molecule has 0 heterocycles. The third kappa shape index (κ3) is 4.16. The molecule has 0 radical (unpaired) electrons. The summed E-state index contributed by atoms with van der Waals surface area (Å²) < 4.78 is 5.32. The Hall–Kier alpha value is -2.29. The lowest BCUT2D eigenvalue weighted by molar-refractivity contribution is -0.121. The lowest BCUT2D eigenvalue weighted by Crippen LogP contribution is -2.38. The molecule has 0 unspecified atom stereocenters. The Kier molecular flexibility index (Phi) is 5.52. The van der Waals surface area contributed by atoms with Crippen LogP contribution in [0, 0.1) is 0 Å². The van der Waals surface area contributed by atoms with E-state index in [2.05, 4.69) is 35.6 Å². The van der Waals surface area contributed by atoms with Gasteiger partial charge in [-0.15, -0.1) is 0 Å². The summed E-state index contributed by atoms with van der Waals surface area (Å²) in [5.41, 5.74) is 2.37. The molecule has 1 aliphatic carbocycles. The summed E-state index contributed by atoms with van der Waals surface area (Å²) in [7, 11) is 1.64. The summed E-state index contributed by atoms with van der Waals surface area (Å²) in [6, 6.07) is 18.7. The molecule has 0 saturated heterocycles. The third-order valence-electron chi connectivity index (χ3n) is 4.91. The van der Waals surface area contributed by atoms with Crippen molar-refractivity contribution in [2.24, 2.45) is 0 Å². The number of hydrogen-bond donors (Lipinski definition) is 1. The summed E-state index contributed by atoms with van der Waals surface area (Å²) >= 11 is 0. The zero-order valence-electron chi connectivity index (χ0n) is 14.2. The maximum atomic E-state index is 12.3. The van der Waals surface area contributed by atoms with E-state index >= 15 is 0 Å². The average Bonchev–Trinajstić information content (AvgIpc) is 2.63. The van der Waals surface area contributed by atoms with E-state index in [4.69, 9.17) is 4.74 Å². The molecule has 1 N–H and O–H groups in total. The van der Waals surface area contributed by atoms with Crippen molar-refractivity contribution in [2.75, 3.05) is 7.11 Å². The Morgan fingerprint density at radius 2 is 1.67 bits per heavy atom. The van der Waals surface area contributed by atoms with Gasteiger partial charge in [0.2, 0.25) is 5.91 Å². The van der Waals surface area contributed by atoms with Crippen LogP contribution in [0.2, 0.25) is 0 Å². The predicted molar refractivity (Wildman–Crippen MR) is 96.3 cm³/mol. The zero-order valence-corrected chi connectivity index (χ0v) is 14.2. The van der Waals surface area contributed by atoms with Gasteiger partial charge in [-0.25, -0.2) is 0 Å². The van der Waals surface area contributed by atoms with Crippen LogP contribution in [0.3, 0.4) is 0 Å². The first kappa shape index (κ1) is 16.6. The van der Waals surface area contributed by atoms with Gasteiger partial charge in [0.15, 0.2) is 0 Å². The lowest BCUT2D eigenvalue weighted by atomic mass is 9.82. The highest BCUT2D eigenvalue weighted by Gasteiger charge is 2.23. The van der Waals surface area contributed by atoms with Crippen LogP contribution < -0.4 is 10.1 Å². The molecule has 0 atom stereocenters. The van der Waals surface area contributed by atoms with Crippen LogP contribution in [0.1, 0.15) is 42.7 Å². The van der Waals surface area contributed by atoms with Gasteiger partial charge in [0, 0.05) is 11.6 Å². The van der Waals surface area contributed by atoms with E-state index in [1.807, 2.05) is 24.3 Å². The van der Waals surface area contributed by atoms with Gasteiger partial charge < -0.3 is 10.1 Å². The van der Waals surface area contributed by atoms with E-state index in [0.717, 1.165) is 37.0 Å². The van der Waals surface area contributed by atoms with Crippen molar-refractivity contribution in [2.45, 2.75) is 44.1 Å². The van der Waals surface area contributed by atoms with E-state index < -0.39 is 0 Å². The second-order valence-corrected chi connectivity index (χ2v) is 6.52. The van der Waals surface area contributed by atoms with Crippen LogP contribution in [-0.4, -0.2) is 19.1 Å². The van der Waals surface area contributed by atoms with Gasteiger partial charge in [0.25, 0.3) is 0 Å². The highest BCUT2D eigenvalue weighted by Crippen LogP contribution is 2.32. The van der Waals surface area contributed by atoms with Gasteiger partial charge >= 0.3 is 0 Å². The number of ether oxygens (including phenoxy) is 1. The van der Waals surface area contributed by atoms with Crippen LogP contribution in [0.4, 0.5) is 0 Å². The van der Waals surface area contributed by atoms with E-state index in [-0.39, 0.29) is 5.91 Å². The van der Waals surface area contributed by atoms with Gasteiger partial charge in [0.1, 0.15) is 5.75 Å². The number of methoxy groups -OCH3 is 1. The molecule has 3 nitrogen and oxygen atoms in total. The number of benzene rings is 2. The molecule has 1 aliphatic rings. The normalized spacial score (nSPS) is 20.4. The van der Waals surface area contributed by atoms with Crippen molar-refractivity contribution in [3.63, 3.8) is 0 Å². The first-order chi connectivity index (χ1) is 11.8. The zero-order chi connectivity index (χ0) is 16.8. The van der Waals surface area contributed by atoms with Gasteiger partial charge in [-0.2, -0.15) is 0 Å². The Bertz CT molecular complexity index is 661. The van der Waals surface area contributed by atoms with E-state index in [1.165, 1.54) is 5.56 Å². The fourth-order valence-electron chi connectivity index (χ4n) is 3.60. The molecule has 0 spiro atoms. The highest BCUT2D eigenvalue weighted by atomic mass is 16.5. The minimum atomic E-state index is 0.0858. The summed E-state index contributed by atoms with van der Waals surface area (Å²) in [6.45, 7) is 0. The molecule has 1 fully saturated rings. The Balaban J connectivity index is 1.50. The molecule has 24 heavy (non-hydrogen) atoms. The van der Waals surface area contributed by atoms with Crippen molar-refractivity contribution >= 4 is 5.91 Å². The summed E-state index contributed by atoms with van der Waals surface area (Å²) in [6.07, 6.45) is 4.77. The molecule has 1 amide bonds. The minimum Gasteiger partial charge on any atom is -0.496 e. The molecule has 126 valence electrons. The Morgan fingerprint density at radius 3 is 2.38 bits per heavy atom. The maximum Gasteiger partial charge on any atom is 0.224 e. The number of carbonyl (C=O) groups is 1. The van der Waals surface area contributed by atoms with Crippen molar-refractivity contribution < 1.29 is 9.53 Å². The quantitative estimate of drug-likeness (QED) is 0.900. The highest BCUT2D eigenvalue weighted by molar-refractivity contribution is 5.79. The Morgan fingerprint density at radius 1 is 1.00 bits per heavy atom. The molecule has 3 rings (SSSR count). The largest absolute Gasteiger partial charge is 0.496 e. The van der Waals surface area contributed by atoms with Crippen LogP contribution >= 0.6 is 0 Å². The van der Waals surface area contributed by atoms with Crippen LogP contribution in [0.15, 0.2) is 54.6 Å². The topological polar surface area (TPSA) is 38.3 Å². The van der Waals surface area contributed by atoms with E-state index in [1.54, 1.807) is 7.11 Å². The number of hydrogen-bond acceptors (Lipinski definition) is 2. The van der Waals surface area contributed by atoms with Crippen molar-refractivity contribution in [1.82, 2.24) is 5.32 Å². The molecule has 0 aromatic heterocycles. The Labute approximate surface area is 144 Å². The number of carbonyl (C=O) groups excluding carboxylic acids is 1. The second kappa shape index (κ2) is 8.00. The van der Waals surface area contributed by atoms with Gasteiger partial charge in [-0.3, -0.25) is 4.79 Å². The predicted octanol–water partition coefficient (Wildman–Crippen LogP) is 4.08. The number of nitrogens with one attached hydrogen (secondary N) is 1. The van der Waals surface area contributed by atoms with Gasteiger partial charge in [0.05, 0.1) is 13.5 Å². The third-order valence-corrected chi connectivity index (χ3v) is 4.91. The summed E-state index contributed by atoms with van der Waals surface area (Å²) in [4.78, 5) is 12.3. The minimum absolute atomic E-state index is 0.0858. The SMILES string of the molecule is COc1ccccc1CC(=O)NC1CCC(c2ccccc2)CC1. The first-order valence-corrected chi connectivity index (χ1v) is 8.72. The molecule has 2 aromatic rings. The fourth-order valence-corrected chi connectivity index (χ4v) is 3.60. The average molecular weight is 323 g/mol. The number of amides is 1. The van der Waals surface area contributed by atoms with E-state index in [0.29, 0.717) is 18.4 Å². The fraction of sp³-hybridized carbons (Fsp3) is 0.381. The van der Waals surface area contributed by atoms with Gasteiger partial charge in [-0.1, -0.05) is 48.5 Å². The molecule has 0 aliphatic heterocycles. The first-order valence-electron chi connectivity index (χ1n) is 8.72. The van der Waals surface area contributed by atoms with Gasteiger partial charge in [-0.05, 0) is 43.2 Å². The van der Waals surface area contributed by atoms with Crippen LogP contribution in [-0.2, 0) is 11.2 Å². The van der Waals surface area contributed by atoms with E-state index in [9.17, 15) is 4.79 Å². The number of rotatable bonds is 5. The molecule has 2 aromatic carbocycles. The lowest BCUT2D eigenvalue weighted by Gasteiger charge is -2.29. The molecule has 3 heteroatoms. The van der Waals surface area contributed by atoms with Crippen LogP contribution in [0.25, 0.3) is 0 Å². The van der Waals surface area contributed by atoms with Crippen LogP contribution in [0.5, 0.6) is 5.75 Å². The molecule has 1 saturated carbocycles. The van der Waals surface area contributed by atoms with Crippen molar-refractivity contribution in [1.29, 1.82) is 0 Å². The molecular formula is C21H25NO2. The number of para-hydroxylation sites is 1. The monoisotopic (exact) mass is 323 g/mol. The summed E-state index contributed by atoms with van der Waals surface area (Å²) in [5, 5.41) is 3.20. The standard InChI is InChI=1S/C21H25NO2/c1-24-20-10-6-5-9-18(20)15-21(23)22-19-13-11-17(12-14-19)16-7-3-2-4-8-16/h2-10,17,19H,11-15H2,1H3,(H,22,23). The smallest absolute Gasteiger partial charge is 0.224 e. The van der Waals surface area contributed by atoms with Crippen molar-refractivity contribution in [3.8, 4) is 5.75 Å². The molecular weight excluding hydrogens is 298 g/mol. The van der Waals surface area contributed by atoms with Crippen molar-refractivity contribution in [3.05, 3.63) is 65.7 Å².